The number of nitro groups is 1. The molecule has 0 saturated heterocycles. The number of hydrogen-bond donors (Lipinski definition) is 0. The molecule has 0 atom stereocenters. The smallest absolute Gasteiger partial charge is 0.338 e. The van der Waals surface area contributed by atoms with E-state index in [0.717, 1.165) is 11.1 Å². The van der Waals surface area contributed by atoms with Crippen LogP contribution in [0.25, 0.3) is 0 Å². The molecule has 0 aliphatic rings. The van der Waals surface area contributed by atoms with Crippen molar-refractivity contribution in [2.75, 3.05) is 0 Å². The first-order valence-electron chi connectivity index (χ1n) is 6.45. The van der Waals surface area contributed by atoms with Crippen LogP contribution in [0.2, 0.25) is 0 Å². The fraction of sp³-hybridized carbons (Fsp3) is 0.188. The highest BCUT2D eigenvalue weighted by molar-refractivity contribution is 5.90. The van der Waals surface area contributed by atoms with Crippen molar-refractivity contribution in [3.8, 4) is 0 Å². The van der Waals surface area contributed by atoms with Gasteiger partial charge in [0.15, 0.2) is 0 Å². The fourth-order valence-corrected chi connectivity index (χ4v) is 1.99. The Hall–Kier alpha value is -2.69. The number of nitro benzene ring substituents is 1. The van der Waals surface area contributed by atoms with Gasteiger partial charge in [0, 0.05) is 11.6 Å². The number of hydrogen-bond acceptors (Lipinski definition) is 4. The summed E-state index contributed by atoms with van der Waals surface area (Å²) in [7, 11) is 0. The van der Waals surface area contributed by atoms with Crippen LogP contribution < -0.4 is 0 Å². The zero-order chi connectivity index (χ0) is 15.4. The Kier molecular flexibility index (Phi) is 4.33. The highest BCUT2D eigenvalue weighted by Crippen LogP contribution is 2.19. The highest BCUT2D eigenvalue weighted by Gasteiger charge is 2.14. The summed E-state index contributed by atoms with van der Waals surface area (Å²) in [6, 6.07) is 11.8. The average Bonchev–Trinajstić information content (AvgIpc) is 2.45. The van der Waals surface area contributed by atoms with E-state index < -0.39 is 10.9 Å². The third-order valence-corrected chi connectivity index (χ3v) is 3.25. The SMILES string of the molecule is Cc1ccccc1COC(=O)c1ccc([N+](=O)[O-])c(C)c1. The standard InChI is InChI=1S/C16H15NO4/c1-11-5-3-4-6-14(11)10-21-16(18)13-7-8-15(17(19)20)12(2)9-13/h3-9H,10H2,1-2H3. The maximum Gasteiger partial charge on any atom is 0.338 e. The van der Waals surface area contributed by atoms with Gasteiger partial charge >= 0.3 is 5.97 Å². The molecule has 2 aromatic rings. The normalized spacial score (nSPS) is 10.2. The van der Waals surface area contributed by atoms with Crippen molar-refractivity contribution in [1.29, 1.82) is 0 Å². The molecule has 0 bridgehead atoms. The number of rotatable bonds is 4. The largest absolute Gasteiger partial charge is 0.457 e. The van der Waals surface area contributed by atoms with Crippen LogP contribution in [0.4, 0.5) is 5.69 Å². The highest BCUT2D eigenvalue weighted by atomic mass is 16.6. The minimum atomic E-state index is -0.490. The van der Waals surface area contributed by atoms with Crippen molar-refractivity contribution in [2.45, 2.75) is 20.5 Å². The van der Waals surface area contributed by atoms with Crippen LogP contribution in [0.15, 0.2) is 42.5 Å². The second-order valence-electron chi connectivity index (χ2n) is 4.76. The van der Waals surface area contributed by atoms with E-state index in [2.05, 4.69) is 0 Å². The maximum atomic E-state index is 12.0. The molecule has 0 N–H and O–H groups in total. The summed E-state index contributed by atoms with van der Waals surface area (Å²) < 4.78 is 5.24. The van der Waals surface area contributed by atoms with Crippen molar-refractivity contribution in [2.24, 2.45) is 0 Å². The lowest BCUT2D eigenvalue weighted by molar-refractivity contribution is -0.385. The van der Waals surface area contributed by atoms with Crippen LogP contribution in [0, 0.1) is 24.0 Å². The van der Waals surface area contributed by atoms with Crippen LogP contribution in [0.3, 0.4) is 0 Å². The van der Waals surface area contributed by atoms with Crippen LogP contribution in [-0.4, -0.2) is 10.9 Å². The molecule has 0 spiro atoms. The van der Waals surface area contributed by atoms with Crippen LogP contribution in [0.5, 0.6) is 0 Å². The number of benzene rings is 2. The van der Waals surface area contributed by atoms with Gasteiger partial charge in [-0.2, -0.15) is 0 Å². The van der Waals surface area contributed by atoms with E-state index in [1.807, 2.05) is 31.2 Å². The zero-order valence-corrected chi connectivity index (χ0v) is 11.8. The van der Waals surface area contributed by atoms with Crippen molar-refractivity contribution < 1.29 is 14.5 Å². The molecule has 0 heterocycles. The summed E-state index contributed by atoms with van der Waals surface area (Å²) in [5, 5.41) is 10.7. The van der Waals surface area contributed by atoms with E-state index in [0.29, 0.717) is 11.1 Å². The maximum absolute atomic E-state index is 12.0. The van der Waals surface area contributed by atoms with Crippen LogP contribution >= 0.6 is 0 Å². The van der Waals surface area contributed by atoms with Gasteiger partial charge in [0.05, 0.1) is 10.5 Å². The molecule has 5 heteroatoms. The van der Waals surface area contributed by atoms with Crippen LogP contribution in [-0.2, 0) is 11.3 Å². The third-order valence-electron chi connectivity index (χ3n) is 3.25. The quantitative estimate of drug-likeness (QED) is 0.489. The van der Waals surface area contributed by atoms with E-state index in [1.165, 1.54) is 18.2 Å². The minimum absolute atomic E-state index is 0.00884. The Morgan fingerprint density at radius 1 is 1.14 bits per heavy atom. The molecule has 0 saturated carbocycles. The van der Waals surface area contributed by atoms with Crippen molar-refractivity contribution in [1.82, 2.24) is 0 Å². The predicted molar refractivity (Wildman–Crippen MR) is 78.1 cm³/mol. The van der Waals surface area contributed by atoms with Gasteiger partial charge in [-0.3, -0.25) is 10.1 Å². The van der Waals surface area contributed by atoms with E-state index in [1.54, 1.807) is 6.92 Å². The van der Waals surface area contributed by atoms with E-state index in [-0.39, 0.29) is 12.3 Å². The molecule has 0 aliphatic heterocycles. The van der Waals surface area contributed by atoms with Crippen LogP contribution in [0.1, 0.15) is 27.0 Å². The first kappa shape index (κ1) is 14.7. The number of esters is 1. The molecule has 2 rings (SSSR count). The second-order valence-corrected chi connectivity index (χ2v) is 4.76. The topological polar surface area (TPSA) is 69.4 Å². The van der Waals surface area contributed by atoms with Crippen molar-refractivity contribution in [3.05, 3.63) is 74.8 Å². The van der Waals surface area contributed by atoms with Gasteiger partial charge in [0.1, 0.15) is 6.61 Å². The van der Waals surface area contributed by atoms with Gasteiger partial charge in [-0.15, -0.1) is 0 Å². The lowest BCUT2D eigenvalue weighted by Crippen LogP contribution is -2.06. The third kappa shape index (κ3) is 3.45. The number of aryl methyl sites for hydroxylation is 2. The molecule has 0 fully saturated rings. The molecule has 5 nitrogen and oxygen atoms in total. The monoisotopic (exact) mass is 285 g/mol. The Bertz CT molecular complexity index is 694. The number of nitrogens with zero attached hydrogens (tertiary/aromatic N) is 1. The van der Waals surface area contributed by atoms with Gasteiger partial charge in [0.25, 0.3) is 5.69 Å². The molecule has 108 valence electrons. The van der Waals surface area contributed by atoms with E-state index in [9.17, 15) is 14.9 Å². The van der Waals surface area contributed by atoms with Gasteiger partial charge in [-0.25, -0.2) is 4.79 Å². The minimum Gasteiger partial charge on any atom is -0.457 e. The van der Waals surface area contributed by atoms with Crippen molar-refractivity contribution in [3.63, 3.8) is 0 Å². The summed E-state index contributed by atoms with van der Waals surface area (Å²) in [5.74, 6) is -0.490. The first-order chi connectivity index (χ1) is 9.99. The molecule has 0 amide bonds. The summed E-state index contributed by atoms with van der Waals surface area (Å²) >= 11 is 0. The van der Waals surface area contributed by atoms with Gasteiger partial charge < -0.3 is 4.74 Å². The number of carbonyl (C=O) groups is 1. The van der Waals surface area contributed by atoms with Crippen molar-refractivity contribution >= 4 is 11.7 Å². The summed E-state index contributed by atoms with van der Waals surface area (Å²) in [6.45, 7) is 3.72. The average molecular weight is 285 g/mol. The number of ether oxygens (including phenoxy) is 1. The molecule has 0 unspecified atom stereocenters. The molecule has 0 radical (unpaired) electrons. The zero-order valence-electron chi connectivity index (χ0n) is 11.8. The van der Waals surface area contributed by atoms with E-state index >= 15 is 0 Å². The van der Waals surface area contributed by atoms with Gasteiger partial charge in [0.2, 0.25) is 0 Å². The second kappa shape index (κ2) is 6.17. The molecular formula is C16H15NO4. The predicted octanol–water partition coefficient (Wildman–Crippen LogP) is 3.57. The first-order valence-corrected chi connectivity index (χ1v) is 6.45. The van der Waals surface area contributed by atoms with Gasteiger partial charge in [-0.1, -0.05) is 24.3 Å². The summed E-state index contributed by atoms with van der Waals surface area (Å²) in [5.41, 5.74) is 2.72. The number of carbonyl (C=O) groups excluding carboxylic acids is 1. The molecule has 0 aromatic heterocycles. The van der Waals surface area contributed by atoms with Gasteiger partial charge in [-0.05, 0) is 37.1 Å². The van der Waals surface area contributed by atoms with E-state index in [4.69, 9.17) is 4.74 Å². The lowest BCUT2D eigenvalue weighted by Gasteiger charge is -2.08. The molecule has 21 heavy (non-hydrogen) atoms. The fourth-order valence-electron chi connectivity index (χ4n) is 1.99. The molecular weight excluding hydrogens is 270 g/mol. The Morgan fingerprint density at radius 3 is 2.48 bits per heavy atom. The molecule has 2 aromatic carbocycles. The Balaban J connectivity index is 2.09. The summed E-state index contributed by atoms with van der Waals surface area (Å²) in [4.78, 5) is 22.2. The molecule has 0 aliphatic carbocycles. The Morgan fingerprint density at radius 2 is 1.86 bits per heavy atom. The summed E-state index contributed by atoms with van der Waals surface area (Å²) in [6.07, 6.45) is 0. The lowest BCUT2D eigenvalue weighted by atomic mass is 10.1. The Labute approximate surface area is 122 Å².